The maximum Gasteiger partial charge on any atom is 0.224 e. The fourth-order valence-corrected chi connectivity index (χ4v) is 2.84. The van der Waals surface area contributed by atoms with E-state index in [-0.39, 0.29) is 23.7 Å². The van der Waals surface area contributed by atoms with Crippen LogP contribution in [0.25, 0.3) is 0 Å². The van der Waals surface area contributed by atoms with Gasteiger partial charge in [-0.1, -0.05) is 29.8 Å². The summed E-state index contributed by atoms with van der Waals surface area (Å²) in [4.78, 5) is 28.2. The Kier molecular flexibility index (Phi) is 5.66. The van der Waals surface area contributed by atoms with Gasteiger partial charge in [-0.25, -0.2) is 0 Å². The van der Waals surface area contributed by atoms with E-state index in [1.165, 1.54) is 0 Å². The number of nitrogens with one attached hydrogen (secondary N) is 2. The molecule has 1 saturated carbocycles. The Bertz CT molecular complexity index is 734. The van der Waals surface area contributed by atoms with Crippen LogP contribution in [0.3, 0.4) is 0 Å². The van der Waals surface area contributed by atoms with Crippen molar-refractivity contribution < 1.29 is 9.59 Å². The van der Waals surface area contributed by atoms with E-state index in [1.807, 2.05) is 36.4 Å². The Labute approximate surface area is 151 Å². The van der Waals surface area contributed by atoms with E-state index >= 15 is 0 Å². The van der Waals surface area contributed by atoms with Crippen LogP contribution in [-0.2, 0) is 22.6 Å². The summed E-state index contributed by atoms with van der Waals surface area (Å²) in [7, 11) is 0. The van der Waals surface area contributed by atoms with Crippen LogP contribution in [0.15, 0.2) is 48.8 Å². The third kappa shape index (κ3) is 5.03. The van der Waals surface area contributed by atoms with Crippen LogP contribution in [0.4, 0.5) is 0 Å². The molecule has 1 aliphatic rings. The van der Waals surface area contributed by atoms with E-state index in [9.17, 15) is 9.59 Å². The molecule has 0 spiro atoms. The van der Waals surface area contributed by atoms with Gasteiger partial charge < -0.3 is 10.6 Å². The molecule has 130 valence electrons. The Morgan fingerprint density at radius 1 is 1.04 bits per heavy atom. The molecule has 0 aliphatic heterocycles. The third-order valence-corrected chi connectivity index (χ3v) is 4.53. The molecule has 5 nitrogen and oxygen atoms in total. The molecule has 3 rings (SSSR count). The second kappa shape index (κ2) is 8.12. The van der Waals surface area contributed by atoms with Crippen LogP contribution < -0.4 is 10.6 Å². The monoisotopic (exact) mass is 357 g/mol. The topological polar surface area (TPSA) is 71.1 Å². The summed E-state index contributed by atoms with van der Waals surface area (Å²) in [5.74, 6) is -0.538. The molecule has 2 atom stereocenters. The number of benzene rings is 1. The van der Waals surface area contributed by atoms with Crippen LogP contribution in [0.5, 0.6) is 0 Å². The quantitative estimate of drug-likeness (QED) is 0.799. The smallest absolute Gasteiger partial charge is 0.224 e. The van der Waals surface area contributed by atoms with Crippen molar-refractivity contribution in [3.05, 3.63) is 64.9 Å². The fraction of sp³-hybridized carbons (Fsp3) is 0.316. The minimum Gasteiger partial charge on any atom is -0.356 e. The van der Waals surface area contributed by atoms with Gasteiger partial charge in [-0.15, -0.1) is 0 Å². The number of hydrogen-bond acceptors (Lipinski definition) is 3. The molecule has 2 unspecified atom stereocenters. The predicted molar refractivity (Wildman–Crippen MR) is 95.8 cm³/mol. The first-order chi connectivity index (χ1) is 12.1. The third-order valence-electron chi connectivity index (χ3n) is 4.28. The second-order valence-corrected chi connectivity index (χ2v) is 6.63. The molecule has 2 amide bonds. The van der Waals surface area contributed by atoms with Crippen molar-refractivity contribution in [2.45, 2.75) is 19.4 Å². The molecule has 1 aromatic carbocycles. The second-order valence-electron chi connectivity index (χ2n) is 6.20. The zero-order chi connectivity index (χ0) is 17.6. The van der Waals surface area contributed by atoms with E-state index in [4.69, 9.17) is 11.6 Å². The van der Waals surface area contributed by atoms with Gasteiger partial charge in [0.05, 0.1) is 11.8 Å². The normalized spacial score (nSPS) is 18.4. The molecule has 2 N–H and O–H groups in total. The van der Waals surface area contributed by atoms with E-state index in [1.54, 1.807) is 12.4 Å². The predicted octanol–water partition coefficient (Wildman–Crippen LogP) is 2.35. The molecule has 0 bridgehead atoms. The number of aromatic nitrogens is 1. The molecule has 1 aromatic heterocycles. The van der Waals surface area contributed by atoms with Crippen molar-refractivity contribution in [2.24, 2.45) is 11.8 Å². The summed E-state index contributed by atoms with van der Waals surface area (Å²) in [5, 5.41) is 6.47. The molecule has 25 heavy (non-hydrogen) atoms. The number of amides is 2. The zero-order valence-electron chi connectivity index (χ0n) is 13.7. The van der Waals surface area contributed by atoms with Crippen LogP contribution in [-0.4, -0.2) is 23.3 Å². The van der Waals surface area contributed by atoms with Crippen LogP contribution in [0, 0.1) is 11.8 Å². The van der Waals surface area contributed by atoms with Crippen molar-refractivity contribution in [2.75, 3.05) is 6.54 Å². The Morgan fingerprint density at radius 3 is 2.44 bits per heavy atom. The Hall–Kier alpha value is -2.40. The van der Waals surface area contributed by atoms with Crippen molar-refractivity contribution in [1.29, 1.82) is 0 Å². The lowest BCUT2D eigenvalue weighted by molar-refractivity contribution is -0.127. The zero-order valence-corrected chi connectivity index (χ0v) is 14.5. The van der Waals surface area contributed by atoms with Gasteiger partial charge in [0.2, 0.25) is 11.8 Å². The highest BCUT2D eigenvalue weighted by atomic mass is 35.5. The lowest BCUT2D eigenvalue weighted by Gasteiger charge is -2.06. The molecule has 0 saturated heterocycles. The van der Waals surface area contributed by atoms with E-state index in [2.05, 4.69) is 15.6 Å². The molecular weight excluding hydrogens is 338 g/mol. The average molecular weight is 358 g/mol. The number of halogens is 1. The average Bonchev–Trinajstić information content (AvgIpc) is 3.43. The molecule has 1 aliphatic carbocycles. The molecule has 6 heteroatoms. The van der Waals surface area contributed by atoms with Gasteiger partial charge in [-0.05, 0) is 42.2 Å². The van der Waals surface area contributed by atoms with Crippen molar-refractivity contribution >= 4 is 23.4 Å². The lowest BCUT2D eigenvalue weighted by Crippen LogP contribution is -2.31. The minimum absolute atomic E-state index is 0.0458. The number of pyridine rings is 1. The first-order valence-electron chi connectivity index (χ1n) is 8.32. The maximum absolute atomic E-state index is 12.1. The maximum atomic E-state index is 12.1. The van der Waals surface area contributed by atoms with Gasteiger partial charge >= 0.3 is 0 Å². The number of rotatable bonds is 7. The van der Waals surface area contributed by atoms with Gasteiger partial charge in [-0.2, -0.15) is 0 Å². The molecule has 2 aromatic rings. The van der Waals surface area contributed by atoms with Gasteiger partial charge in [0, 0.05) is 30.5 Å². The first kappa shape index (κ1) is 17.4. The summed E-state index contributed by atoms with van der Waals surface area (Å²) in [6.45, 7) is 0.995. The number of carbonyl (C=O) groups is 2. The highest BCUT2D eigenvalue weighted by Gasteiger charge is 2.47. The fourth-order valence-electron chi connectivity index (χ4n) is 2.71. The summed E-state index contributed by atoms with van der Waals surface area (Å²) in [6.07, 6.45) is 4.77. The standard InChI is InChI=1S/C19H20ClN3O2/c20-15-5-3-13(4-6-15)7-9-22-18(24)16-10-17(16)19(25)23-12-14-2-1-8-21-11-14/h1-6,8,11,16-17H,7,9-10,12H2,(H,22,24)(H,23,25). The molecule has 1 heterocycles. The SMILES string of the molecule is O=C(NCCc1ccc(Cl)cc1)C1CC1C(=O)NCc1cccnc1. The summed E-state index contributed by atoms with van der Waals surface area (Å²) < 4.78 is 0. The highest BCUT2D eigenvalue weighted by Crippen LogP contribution is 2.38. The Balaban J connectivity index is 1.36. The number of carbonyl (C=O) groups excluding carboxylic acids is 2. The largest absolute Gasteiger partial charge is 0.356 e. The number of nitrogens with zero attached hydrogens (tertiary/aromatic N) is 1. The molecular formula is C19H20ClN3O2. The van der Waals surface area contributed by atoms with Gasteiger partial charge in [0.15, 0.2) is 0 Å². The van der Waals surface area contributed by atoms with Crippen molar-refractivity contribution in [3.8, 4) is 0 Å². The van der Waals surface area contributed by atoms with Crippen LogP contribution in [0.1, 0.15) is 17.5 Å². The van der Waals surface area contributed by atoms with E-state index < -0.39 is 0 Å². The Morgan fingerprint density at radius 2 is 1.76 bits per heavy atom. The molecule has 1 fully saturated rings. The lowest BCUT2D eigenvalue weighted by atomic mass is 10.1. The van der Waals surface area contributed by atoms with Gasteiger partial charge in [0.25, 0.3) is 0 Å². The summed E-state index contributed by atoms with van der Waals surface area (Å²) in [6, 6.07) is 11.3. The summed E-state index contributed by atoms with van der Waals surface area (Å²) >= 11 is 5.85. The van der Waals surface area contributed by atoms with E-state index in [0.717, 1.165) is 17.5 Å². The first-order valence-corrected chi connectivity index (χ1v) is 8.70. The summed E-state index contributed by atoms with van der Waals surface area (Å²) in [5.41, 5.74) is 2.06. The minimum atomic E-state index is -0.216. The number of hydrogen-bond donors (Lipinski definition) is 2. The van der Waals surface area contributed by atoms with Crippen LogP contribution >= 0.6 is 11.6 Å². The van der Waals surface area contributed by atoms with Gasteiger partial charge in [0.1, 0.15) is 0 Å². The van der Waals surface area contributed by atoms with Gasteiger partial charge in [-0.3, -0.25) is 14.6 Å². The highest BCUT2D eigenvalue weighted by molar-refractivity contribution is 6.30. The van der Waals surface area contributed by atoms with Crippen molar-refractivity contribution in [3.63, 3.8) is 0 Å². The van der Waals surface area contributed by atoms with Crippen molar-refractivity contribution in [1.82, 2.24) is 15.6 Å². The molecule has 0 radical (unpaired) electrons. The van der Waals surface area contributed by atoms with Crippen LogP contribution in [0.2, 0.25) is 5.02 Å². The van der Waals surface area contributed by atoms with E-state index in [0.29, 0.717) is 24.5 Å².